The van der Waals surface area contributed by atoms with Gasteiger partial charge in [-0.05, 0) is 36.4 Å². The van der Waals surface area contributed by atoms with Crippen LogP contribution in [0.25, 0.3) is 0 Å². The first-order valence-electron chi connectivity index (χ1n) is 7.32. The number of anilines is 2. The first-order valence-corrected chi connectivity index (χ1v) is 10.2. The standard InChI is InChI=1S/C16H14ClFN2O3S2/c1-9-8-24-15-5-3-11(7-14(15)19-16(9)21)25(22,23)20-10-2-4-13(18)12(17)6-10/h2-7,9,20H,8H2,1H3,(H,19,21). The summed E-state index contributed by atoms with van der Waals surface area (Å²) in [5.74, 6) is -0.337. The van der Waals surface area contributed by atoms with Gasteiger partial charge < -0.3 is 5.32 Å². The SMILES string of the molecule is CC1CSc2ccc(S(=O)(=O)Nc3ccc(F)c(Cl)c3)cc2NC1=O. The van der Waals surface area contributed by atoms with Gasteiger partial charge in [0.2, 0.25) is 5.91 Å². The fourth-order valence-corrected chi connectivity index (χ4v) is 4.49. The zero-order valence-corrected chi connectivity index (χ0v) is 15.4. The van der Waals surface area contributed by atoms with Gasteiger partial charge in [0.1, 0.15) is 5.82 Å². The highest BCUT2D eigenvalue weighted by molar-refractivity contribution is 7.99. The van der Waals surface area contributed by atoms with E-state index in [9.17, 15) is 17.6 Å². The molecule has 2 aromatic rings. The van der Waals surface area contributed by atoms with E-state index in [1.54, 1.807) is 6.07 Å². The molecule has 1 aliphatic heterocycles. The maximum absolute atomic E-state index is 13.2. The molecule has 0 aliphatic carbocycles. The summed E-state index contributed by atoms with van der Waals surface area (Å²) in [7, 11) is -3.91. The third kappa shape index (κ3) is 3.91. The molecule has 5 nitrogen and oxygen atoms in total. The second kappa shape index (κ2) is 6.86. The van der Waals surface area contributed by atoms with Gasteiger partial charge in [-0.25, -0.2) is 12.8 Å². The van der Waals surface area contributed by atoms with E-state index in [1.807, 2.05) is 6.92 Å². The molecule has 0 bridgehead atoms. The van der Waals surface area contributed by atoms with Gasteiger partial charge in [-0.1, -0.05) is 18.5 Å². The van der Waals surface area contributed by atoms with Gasteiger partial charge in [0.25, 0.3) is 10.0 Å². The molecular weight excluding hydrogens is 387 g/mol. The number of rotatable bonds is 3. The van der Waals surface area contributed by atoms with E-state index in [1.165, 1.54) is 36.0 Å². The van der Waals surface area contributed by atoms with Crippen LogP contribution in [-0.2, 0) is 14.8 Å². The van der Waals surface area contributed by atoms with Crippen molar-refractivity contribution in [2.24, 2.45) is 5.92 Å². The van der Waals surface area contributed by atoms with Crippen LogP contribution in [0.4, 0.5) is 15.8 Å². The Morgan fingerprint density at radius 2 is 2.04 bits per heavy atom. The van der Waals surface area contributed by atoms with Gasteiger partial charge >= 0.3 is 0 Å². The molecule has 0 spiro atoms. The van der Waals surface area contributed by atoms with E-state index >= 15 is 0 Å². The highest BCUT2D eigenvalue weighted by Gasteiger charge is 2.23. The van der Waals surface area contributed by atoms with Crippen molar-refractivity contribution in [2.75, 3.05) is 15.8 Å². The predicted octanol–water partition coefficient (Wildman–Crippen LogP) is 3.96. The van der Waals surface area contributed by atoms with Crippen molar-refractivity contribution in [3.8, 4) is 0 Å². The number of carbonyl (C=O) groups is 1. The van der Waals surface area contributed by atoms with E-state index in [-0.39, 0.29) is 27.4 Å². The summed E-state index contributed by atoms with van der Waals surface area (Å²) in [6.07, 6.45) is 0. The number of hydrogen-bond acceptors (Lipinski definition) is 4. The number of nitrogens with one attached hydrogen (secondary N) is 2. The largest absolute Gasteiger partial charge is 0.325 e. The molecule has 1 atom stereocenters. The van der Waals surface area contributed by atoms with Crippen LogP contribution in [-0.4, -0.2) is 20.1 Å². The van der Waals surface area contributed by atoms with E-state index in [0.717, 1.165) is 11.0 Å². The lowest BCUT2D eigenvalue weighted by molar-refractivity contribution is -0.118. The van der Waals surface area contributed by atoms with Gasteiger partial charge in [-0.15, -0.1) is 11.8 Å². The Hall–Kier alpha value is -1.77. The third-order valence-corrected chi connectivity index (χ3v) is 6.63. The molecule has 1 heterocycles. The summed E-state index contributed by atoms with van der Waals surface area (Å²) in [5.41, 5.74) is 0.604. The topological polar surface area (TPSA) is 75.3 Å². The molecule has 132 valence electrons. The van der Waals surface area contributed by atoms with Crippen LogP contribution in [0.3, 0.4) is 0 Å². The molecule has 1 unspecified atom stereocenters. The Morgan fingerprint density at radius 1 is 1.28 bits per heavy atom. The lowest BCUT2D eigenvalue weighted by Crippen LogP contribution is -2.20. The fraction of sp³-hybridized carbons (Fsp3) is 0.188. The van der Waals surface area contributed by atoms with Crippen LogP contribution in [0.15, 0.2) is 46.2 Å². The monoisotopic (exact) mass is 400 g/mol. The molecular formula is C16H14ClFN2O3S2. The third-order valence-electron chi connectivity index (χ3n) is 3.63. The Morgan fingerprint density at radius 3 is 2.76 bits per heavy atom. The average molecular weight is 401 g/mol. The molecule has 0 aromatic heterocycles. The average Bonchev–Trinajstić information content (AvgIpc) is 2.69. The Bertz CT molecular complexity index is 950. The molecule has 1 aliphatic rings. The number of carbonyl (C=O) groups excluding carboxylic acids is 1. The van der Waals surface area contributed by atoms with Crippen LogP contribution in [0, 0.1) is 11.7 Å². The fourth-order valence-electron chi connectivity index (χ4n) is 2.22. The molecule has 0 saturated heterocycles. The molecule has 25 heavy (non-hydrogen) atoms. The van der Waals surface area contributed by atoms with Gasteiger partial charge in [-0.2, -0.15) is 0 Å². The van der Waals surface area contributed by atoms with Crippen LogP contribution >= 0.6 is 23.4 Å². The van der Waals surface area contributed by atoms with Gasteiger partial charge in [0.05, 0.1) is 21.3 Å². The van der Waals surface area contributed by atoms with E-state index in [2.05, 4.69) is 10.0 Å². The number of hydrogen-bond donors (Lipinski definition) is 2. The summed E-state index contributed by atoms with van der Waals surface area (Å²) < 4.78 is 40.6. The molecule has 0 saturated carbocycles. The minimum atomic E-state index is -3.91. The first kappa shape index (κ1) is 18.0. The summed E-state index contributed by atoms with van der Waals surface area (Å²) in [6, 6.07) is 8.08. The summed E-state index contributed by atoms with van der Waals surface area (Å²) in [4.78, 5) is 12.8. The molecule has 9 heteroatoms. The second-order valence-corrected chi connectivity index (χ2v) is 8.75. The lowest BCUT2D eigenvalue weighted by atomic mass is 10.2. The number of thioether (sulfide) groups is 1. The van der Waals surface area contributed by atoms with Crippen LogP contribution in [0.5, 0.6) is 0 Å². The van der Waals surface area contributed by atoms with Crippen molar-refractivity contribution < 1.29 is 17.6 Å². The summed E-state index contributed by atoms with van der Waals surface area (Å²) in [5, 5.41) is 2.56. The highest BCUT2D eigenvalue weighted by Crippen LogP contribution is 2.34. The molecule has 2 aromatic carbocycles. The molecule has 2 N–H and O–H groups in total. The Labute approximate surface area is 154 Å². The first-order chi connectivity index (χ1) is 11.8. The van der Waals surface area contributed by atoms with Crippen molar-refractivity contribution in [3.63, 3.8) is 0 Å². The van der Waals surface area contributed by atoms with E-state index in [0.29, 0.717) is 11.4 Å². The normalized spacial score (nSPS) is 17.4. The Balaban J connectivity index is 1.91. The van der Waals surface area contributed by atoms with Gasteiger partial charge in [0, 0.05) is 16.6 Å². The molecule has 0 fully saturated rings. The lowest BCUT2D eigenvalue weighted by Gasteiger charge is -2.12. The number of fused-ring (bicyclic) bond motifs is 1. The zero-order chi connectivity index (χ0) is 18.2. The molecule has 1 amide bonds. The number of halogens is 2. The second-order valence-electron chi connectivity index (χ2n) is 5.59. The summed E-state index contributed by atoms with van der Waals surface area (Å²) in [6.45, 7) is 1.81. The van der Waals surface area contributed by atoms with Crippen LogP contribution in [0.1, 0.15) is 6.92 Å². The quantitative estimate of drug-likeness (QED) is 0.817. The van der Waals surface area contributed by atoms with Crippen molar-refractivity contribution in [2.45, 2.75) is 16.7 Å². The maximum Gasteiger partial charge on any atom is 0.261 e. The van der Waals surface area contributed by atoms with Crippen LogP contribution < -0.4 is 10.0 Å². The molecule has 3 rings (SSSR count). The van der Waals surface area contributed by atoms with E-state index in [4.69, 9.17) is 11.6 Å². The summed E-state index contributed by atoms with van der Waals surface area (Å²) >= 11 is 7.16. The van der Waals surface area contributed by atoms with Crippen LogP contribution in [0.2, 0.25) is 5.02 Å². The molecule has 0 radical (unpaired) electrons. The number of sulfonamides is 1. The number of benzene rings is 2. The minimum Gasteiger partial charge on any atom is -0.325 e. The minimum absolute atomic E-state index is 0.0119. The maximum atomic E-state index is 13.2. The number of amides is 1. The van der Waals surface area contributed by atoms with Crippen molar-refractivity contribution in [1.29, 1.82) is 0 Å². The van der Waals surface area contributed by atoms with Gasteiger partial charge in [0.15, 0.2) is 0 Å². The smallest absolute Gasteiger partial charge is 0.261 e. The van der Waals surface area contributed by atoms with Gasteiger partial charge in [-0.3, -0.25) is 9.52 Å². The predicted molar refractivity (Wildman–Crippen MR) is 97.2 cm³/mol. The van der Waals surface area contributed by atoms with Crippen molar-refractivity contribution >= 4 is 50.7 Å². The van der Waals surface area contributed by atoms with Crippen molar-refractivity contribution in [1.82, 2.24) is 0 Å². The highest BCUT2D eigenvalue weighted by atomic mass is 35.5. The zero-order valence-electron chi connectivity index (χ0n) is 13.0. The van der Waals surface area contributed by atoms with E-state index < -0.39 is 15.8 Å². The Kier molecular flexibility index (Phi) is 4.95. The van der Waals surface area contributed by atoms with Crippen molar-refractivity contribution in [3.05, 3.63) is 47.2 Å².